The first-order valence-corrected chi connectivity index (χ1v) is 5.85. The van der Waals surface area contributed by atoms with Gasteiger partial charge in [-0.15, -0.1) is 0 Å². The number of hydrogen-bond donors (Lipinski definition) is 1. The first kappa shape index (κ1) is 11.7. The second-order valence-corrected chi connectivity index (χ2v) is 4.40. The van der Waals surface area contributed by atoms with Crippen LogP contribution in [0.5, 0.6) is 0 Å². The highest BCUT2D eigenvalue weighted by Gasteiger charge is 2.18. The Balaban J connectivity index is 2.18. The molecular weight excluding hydrogens is 172 g/mol. The van der Waals surface area contributed by atoms with E-state index in [0.29, 0.717) is 0 Å². The van der Waals surface area contributed by atoms with E-state index in [0.717, 1.165) is 25.4 Å². The van der Waals surface area contributed by atoms with Gasteiger partial charge in [-0.05, 0) is 51.2 Å². The predicted molar refractivity (Wildman–Crippen MR) is 62.3 cm³/mol. The summed E-state index contributed by atoms with van der Waals surface area (Å²) in [6.45, 7) is 10.7. The molecule has 0 aromatic rings. The van der Waals surface area contributed by atoms with Crippen molar-refractivity contribution in [1.29, 1.82) is 0 Å². The van der Waals surface area contributed by atoms with Crippen LogP contribution in [0.4, 0.5) is 0 Å². The highest BCUT2D eigenvalue weighted by molar-refractivity contribution is 4.96. The number of nitrogens with zero attached hydrogens (tertiary/aromatic N) is 1. The molecule has 0 unspecified atom stereocenters. The van der Waals surface area contributed by atoms with Gasteiger partial charge in [-0.1, -0.05) is 19.1 Å². The second kappa shape index (κ2) is 6.20. The molecule has 0 aromatic heterocycles. The Kier molecular flexibility index (Phi) is 5.20. The third kappa shape index (κ3) is 3.81. The summed E-state index contributed by atoms with van der Waals surface area (Å²) >= 11 is 0. The Bertz CT molecular complexity index is 169. The van der Waals surface area contributed by atoms with Gasteiger partial charge in [-0.3, -0.25) is 4.90 Å². The summed E-state index contributed by atoms with van der Waals surface area (Å²) in [7, 11) is 0. The van der Waals surface area contributed by atoms with Gasteiger partial charge in [0, 0.05) is 6.54 Å². The molecule has 0 spiro atoms. The van der Waals surface area contributed by atoms with Crippen LogP contribution in [0.25, 0.3) is 0 Å². The first-order valence-electron chi connectivity index (χ1n) is 5.85. The van der Waals surface area contributed by atoms with Gasteiger partial charge < -0.3 is 5.73 Å². The Hall–Kier alpha value is -0.340. The van der Waals surface area contributed by atoms with Crippen LogP contribution in [0, 0.1) is 5.92 Å². The van der Waals surface area contributed by atoms with Crippen molar-refractivity contribution in [2.75, 3.05) is 26.2 Å². The van der Waals surface area contributed by atoms with Gasteiger partial charge in [0.15, 0.2) is 0 Å². The van der Waals surface area contributed by atoms with Gasteiger partial charge in [-0.25, -0.2) is 0 Å². The second-order valence-electron chi connectivity index (χ2n) is 4.40. The molecule has 82 valence electrons. The fourth-order valence-corrected chi connectivity index (χ4v) is 2.10. The van der Waals surface area contributed by atoms with Gasteiger partial charge in [0.25, 0.3) is 0 Å². The van der Waals surface area contributed by atoms with Crippen molar-refractivity contribution in [2.45, 2.75) is 32.6 Å². The number of piperidine rings is 1. The summed E-state index contributed by atoms with van der Waals surface area (Å²) in [4.78, 5) is 2.53. The maximum Gasteiger partial charge on any atom is 0.0190 e. The minimum Gasteiger partial charge on any atom is -0.330 e. The van der Waals surface area contributed by atoms with Gasteiger partial charge in [0.05, 0.1) is 0 Å². The fourth-order valence-electron chi connectivity index (χ4n) is 2.10. The molecule has 2 nitrogen and oxygen atoms in total. The number of nitrogens with two attached hydrogens (primary N) is 1. The monoisotopic (exact) mass is 196 g/mol. The average Bonchev–Trinajstić information content (AvgIpc) is 2.21. The van der Waals surface area contributed by atoms with Crippen LogP contribution in [0.3, 0.4) is 0 Å². The summed E-state index contributed by atoms with van der Waals surface area (Å²) in [5.74, 6) is 0.881. The average molecular weight is 196 g/mol. The third-order valence-corrected chi connectivity index (χ3v) is 3.23. The Morgan fingerprint density at radius 3 is 2.57 bits per heavy atom. The lowest BCUT2D eigenvalue weighted by Crippen LogP contribution is -2.35. The van der Waals surface area contributed by atoms with Crippen LogP contribution in [0.2, 0.25) is 0 Å². The first-order chi connectivity index (χ1) is 6.76. The van der Waals surface area contributed by atoms with Crippen LogP contribution in [0.1, 0.15) is 32.6 Å². The SMILES string of the molecule is C=C(CC)CN1CCC(CCN)CC1. The largest absolute Gasteiger partial charge is 0.330 e. The van der Waals surface area contributed by atoms with Crippen molar-refractivity contribution >= 4 is 0 Å². The van der Waals surface area contributed by atoms with Crippen molar-refractivity contribution in [1.82, 2.24) is 4.90 Å². The van der Waals surface area contributed by atoms with Crippen LogP contribution < -0.4 is 5.73 Å². The normalized spacial score (nSPS) is 19.9. The molecule has 2 heteroatoms. The summed E-state index contributed by atoms with van der Waals surface area (Å²) < 4.78 is 0. The molecule has 0 aliphatic carbocycles. The number of hydrogen-bond acceptors (Lipinski definition) is 2. The summed E-state index contributed by atoms with van der Waals surface area (Å²) in [6.07, 6.45) is 4.98. The van der Waals surface area contributed by atoms with Crippen molar-refractivity contribution < 1.29 is 0 Å². The molecule has 0 atom stereocenters. The lowest BCUT2D eigenvalue weighted by atomic mass is 9.93. The molecule has 0 radical (unpaired) electrons. The van der Waals surface area contributed by atoms with E-state index in [4.69, 9.17) is 5.73 Å². The molecule has 0 amide bonds. The molecule has 0 aromatic carbocycles. The van der Waals surface area contributed by atoms with Crippen molar-refractivity contribution in [3.05, 3.63) is 12.2 Å². The van der Waals surface area contributed by atoms with Crippen molar-refractivity contribution in [2.24, 2.45) is 11.7 Å². The molecule has 0 bridgehead atoms. The summed E-state index contributed by atoms with van der Waals surface area (Å²) in [5.41, 5.74) is 6.93. The van der Waals surface area contributed by atoms with E-state index >= 15 is 0 Å². The molecule has 1 rings (SSSR count). The molecule has 0 saturated carbocycles. The smallest absolute Gasteiger partial charge is 0.0190 e. The summed E-state index contributed by atoms with van der Waals surface area (Å²) in [5, 5.41) is 0. The highest BCUT2D eigenvalue weighted by atomic mass is 15.1. The molecule has 2 N–H and O–H groups in total. The van der Waals surface area contributed by atoms with Crippen LogP contribution >= 0.6 is 0 Å². The maximum atomic E-state index is 5.57. The standard InChI is InChI=1S/C12H24N2/c1-3-11(2)10-14-8-5-12(4-7-13)6-9-14/h12H,2-10,13H2,1H3. The Labute approximate surface area is 88.2 Å². The van der Waals surface area contributed by atoms with E-state index in [1.165, 1.54) is 37.9 Å². The predicted octanol–water partition coefficient (Wildman–Crippen LogP) is 2.01. The molecule has 1 heterocycles. The maximum absolute atomic E-state index is 5.57. The minimum atomic E-state index is 0.854. The van der Waals surface area contributed by atoms with E-state index in [1.54, 1.807) is 0 Å². The highest BCUT2D eigenvalue weighted by Crippen LogP contribution is 2.20. The van der Waals surface area contributed by atoms with E-state index < -0.39 is 0 Å². The van der Waals surface area contributed by atoms with Gasteiger partial charge in [0.2, 0.25) is 0 Å². The number of rotatable bonds is 5. The topological polar surface area (TPSA) is 29.3 Å². The lowest BCUT2D eigenvalue weighted by molar-refractivity contribution is 0.192. The third-order valence-electron chi connectivity index (χ3n) is 3.23. The van der Waals surface area contributed by atoms with Crippen LogP contribution in [-0.4, -0.2) is 31.1 Å². The summed E-state index contributed by atoms with van der Waals surface area (Å²) in [6, 6.07) is 0. The number of likely N-dealkylation sites (tertiary alicyclic amines) is 1. The van der Waals surface area contributed by atoms with E-state index in [-0.39, 0.29) is 0 Å². The lowest BCUT2D eigenvalue weighted by Gasteiger charge is -2.32. The molecule has 1 saturated heterocycles. The van der Waals surface area contributed by atoms with Gasteiger partial charge in [0.1, 0.15) is 0 Å². The van der Waals surface area contributed by atoms with E-state index in [9.17, 15) is 0 Å². The van der Waals surface area contributed by atoms with Gasteiger partial charge in [-0.2, -0.15) is 0 Å². The molecule has 14 heavy (non-hydrogen) atoms. The molecule has 1 aliphatic heterocycles. The van der Waals surface area contributed by atoms with Crippen molar-refractivity contribution in [3.8, 4) is 0 Å². The molecule has 1 aliphatic rings. The van der Waals surface area contributed by atoms with Crippen molar-refractivity contribution in [3.63, 3.8) is 0 Å². The van der Waals surface area contributed by atoms with E-state index in [2.05, 4.69) is 18.4 Å². The zero-order valence-electron chi connectivity index (χ0n) is 9.47. The van der Waals surface area contributed by atoms with Gasteiger partial charge >= 0.3 is 0 Å². The molecule has 1 fully saturated rings. The van der Waals surface area contributed by atoms with Crippen LogP contribution in [-0.2, 0) is 0 Å². The Morgan fingerprint density at radius 2 is 2.07 bits per heavy atom. The minimum absolute atomic E-state index is 0.854. The quantitative estimate of drug-likeness (QED) is 0.682. The zero-order valence-corrected chi connectivity index (χ0v) is 9.47. The van der Waals surface area contributed by atoms with E-state index in [1.807, 2.05) is 0 Å². The molecular formula is C12H24N2. The Morgan fingerprint density at radius 1 is 1.43 bits per heavy atom. The fraction of sp³-hybridized carbons (Fsp3) is 0.833. The van der Waals surface area contributed by atoms with Crippen LogP contribution in [0.15, 0.2) is 12.2 Å². The zero-order chi connectivity index (χ0) is 10.4.